The van der Waals surface area contributed by atoms with E-state index in [2.05, 4.69) is 37.9 Å². The van der Waals surface area contributed by atoms with E-state index in [0.717, 1.165) is 6.54 Å². The Morgan fingerprint density at radius 1 is 1.24 bits per heavy atom. The van der Waals surface area contributed by atoms with E-state index in [1.54, 1.807) is 0 Å². The van der Waals surface area contributed by atoms with Crippen LogP contribution in [0, 0.1) is 0 Å². The van der Waals surface area contributed by atoms with Gasteiger partial charge in [0, 0.05) is 18.1 Å². The molecule has 0 aliphatic heterocycles. The smallest absolute Gasteiger partial charge is 0.236 e. The Morgan fingerprint density at radius 3 is 2.29 bits per heavy atom. The van der Waals surface area contributed by atoms with Gasteiger partial charge in [-0.2, -0.15) is 0 Å². The van der Waals surface area contributed by atoms with E-state index in [4.69, 9.17) is 0 Å². The molecule has 0 aromatic rings. The Balaban J connectivity index is 2.45. The first-order valence-electron chi connectivity index (χ1n) is 6.98. The van der Waals surface area contributed by atoms with Crippen LogP contribution < -0.4 is 5.32 Å². The molecule has 1 aliphatic rings. The molecule has 0 aromatic carbocycles. The largest absolute Gasteiger partial charge is 0.339 e. The molecule has 1 fully saturated rings. The summed E-state index contributed by atoms with van der Waals surface area (Å²) in [6, 6.07) is 0.489. The molecule has 0 spiro atoms. The Hall–Kier alpha value is -0.570. The summed E-state index contributed by atoms with van der Waals surface area (Å²) in [4.78, 5) is 14.3. The molecule has 1 aliphatic carbocycles. The van der Waals surface area contributed by atoms with Gasteiger partial charge in [-0.25, -0.2) is 0 Å². The van der Waals surface area contributed by atoms with E-state index in [-0.39, 0.29) is 11.4 Å². The zero-order chi connectivity index (χ0) is 12.9. The lowest BCUT2D eigenvalue weighted by molar-refractivity contribution is -0.133. The minimum Gasteiger partial charge on any atom is -0.339 e. The van der Waals surface area contributed by atoms with Crippen molar-refractivity contribution < 1.29 is 4.79 Å². The number of carbonyl (C=O) groups is 1. The third-order valence-corrected chi connectivity index (χ3v) is 3.45. The van der Waals surface area contributed by atoms with Crippen LogP contribution in [0.4, 0.5) is 0 Å². The predicted molar refractivity (Wildman–Crippen MR) is 72.0 cm³/mol. The van der Waals surface area contributed by atoms with Gasteiger partial charge >= 0.3 is 0 Å². The normalized spacial score (nSPS) is 18.1. The van der Waals surface area contributed by atoms with Crippen LogP contribution >= 0.6 is 0 Å². The van der Waals surface area contributed by atoms with Crippen LogP contribution in [-0.2, 0) is 4.79 Å². The Labute approximate surface area is 106 Å². The summed E-state index contributed by atoms with van der Waals surface area (Å²) in [7, 11) is 0. The highest BCUT2D eigenvalue weighted by atomic mass is 16.2. The van der Waals surface area contributed by atoms with Crippen LogP contribution in [0.5, 0.6) is 0 Å². The summed E-state index contributed by atoms with van der Waals surface area (Å²) < 4.78 is 0. The molecule has 0 saturated heterocycles. The number of amides is 1. The van der Waals surface area contributed by atoms with Crippen molar-refractivity contribution in [2.24, 2.45) is 0 Å². The zero-order valence-corrected chi connectivity index (χ0v) is 11.9. The third kappa shape index (κ3) is 5.07. The van der Waals surface area contributed by atoms with E-state index in [1.165, 1.54) is 32.1 Å². The molecular formula is C14H28N2O. The van der Waals surface area contributed by atoms with Crippen molar-refractivity contribution in [1.29, 1.82) is 0 Å². The molecule has 0 heterocycles. The molecule has 0 aromatic heterocycles. The lowest BCUT2D eigenvalue weighted by Crippen LogP contribution is -2.48. The summed E-state index contributed by atoms with van der Waals surface area (Å²) in [5.74, 6) is 0.259. The minimum atomic E-state index is 0.0155. The first kappa shape index (κ1) is 14.5. The van der Waals surface area contributed by atoms with E-state index in [9.17, 15) is 4.79 Å². The number of nitrogens with one attached hydrogen (secondary N) is 1. The number of carbonyl (C=O) groups excluding carboxylic acids is 1. The van der Waals surface area contributed by atoms with Crippen LogP contribution in [0.3, 0.4) is 0 Å². The van der Waals surface area contributed by atoms with Gasteiger partial charge in [0.15, 0.2) is 0 Å². The van der Waals surface area contributed by atoms with Gasteiger partial charge in [-0.3, -0.25) is 4.79 Å². The van der Waals surface area contributed by atoms with Crippen molar-refractivity contribution in [1.82, 2.24) is 10.2 Å². The fraction of sp³-hybridized carbons (Fsp3) is 0.929. The molecule has 0 bridgehead atoms. The first-order chi connectivity index (χ1) is 7.94. The van der Waals surface area contributed by atoms with Gasteiger partial charge in [0.2, 0.25) is 5.91 Å². The molecule has 3 heteroatoms. The van der Waals surface area contributed by atoms with E-state index in [0.29, 0.717) is 12.6 Å². The monoisotopic (exact) mass is 240 g/mol. The van der Waals surface area contributed by atoms with Gasteiger partial charge in [-0.1, -0.05) is 19.3 Å². The standard InChI is InChI=1S/C14H28N2O/c1-5-16(12-9-7-6-8-10-12)13(17)11-15-14(2,3)4/h12,15H,5-11H2,1-4H3. The van der Waals surface area contributed by atoms with Crippen molar-refractivity contribution >= 4 is 5.91 Å². The molecule has 1 N–H and O–H groups in total. The summed E-state index contributed by atoms with van der Waals surface area (Å²) in [6.45, 7) is 9.68. The van der Waals surface area contributed by atoms with Gasteiger partial charge in [-0.05, 0) is 40.5 Å². The quantitative estimate of drug-likeness (QED) is 0.819. The molecule has 0 atom stereocenters. The van der Waals surface area contributed by atoms with E-state index < -0.39 is 0 Å². The van der Waals surface area contributed by atoms with Gasteiger partial charge in [0.1, 0.15) is 0 Å². The van der Waals surface area contributed by atoms with Crippen LogP contribution in [0.2, 0.25) is 0 Å². The molecule has 1 saturated carbocycles. The molecule has 0 unspecified atom stereocenters. The van der Waals surface area contributed by atoms with E-state index in [1.807, 2.05) is 0 Å². The Kier molecular flexibility index (Phi) is 5.44. The highest BCUT2D eigenvalue weighted by molar-refractivity contribution is 5.78. The molecule has 17 heavy (non-hydrogen) atoms. The maximum atomic E-state index is 12.2. The molecule has 0 radical (unpaired) electrons. The SMILES string of the molecule is CCN(C(=O)CNC(C)(C)C)C1CCCCC1. The number of hydrogen-bond donors (Lipinski definition) is 1. The third-order valence-electron chi connectivity index (χ3n) is 3.45. The summed E-state index contributed by atoms with van der Waals surface area (Å²) in [6.07, 6.45) is 6.27. The second kappa shape index (κ2) is 6.39. The zero-order valence-electron chi connectivity index (χ0n) is 11.9. The van der Waals surface area contributed by atoms with Gasteiger partial charge < -0.3 is 10.2 Å². The number of nitrogens with zero attached hydrogens (tertiary/aromatic N) is 1. The van der Waals surface area contributed by atoms with Gasteiger partial charge in [0.25, 0.3) is 0 Å². The molecule has 3 nitrogen and oxygen atoms in total. The summed E-state index contributed by atoms with van der Waals surface area (Å²) in [5.41, 5.74) is 0.0155. The van der Waals surface area contributed by atoms with Gasteiger partial charge in [-0.15, -0.1) is 0 Å². The van der Waals surface area contributed by atoms with Crippen LogP contribution in [0.25, 0.3) is 0 Å². The van der Waals surface area contributed by atoms with Gasteiger partial charge in [0.05, 0.1) is 6.54 Å². The maximum Gasteiger partial charge on any atom is 0.236 e. The molecular weight excluding hydrogens is 212 g/mol. The van der Waals surface area contributed by atoms with Crippen molar-refractivity contribution in [3.05, 3.63) is 0 Å². The van der Waals surface area contributed by atoms with Crippen LogP contribution in [0.1, 0.15) is 59.8 Å². The lowest BCUT2D eigenvalue weighted by atomic mass is 9.94. The fourth-order valence-corrected chi connectivity index (χ4v) is 2.47. The number of likely N-dealkylation sites (N-methyl/N-ethyl adjacent to an activating group) is 1. The van der Waals surface area contributed by atoms with E-state index >= 15 is 0 Å². The second-order valence-corrected chi connectivity index (χ2v) is 6.08. The highest BCUT2D eigenvalue weighted by Gasteiger charge is 2.24. The second-order valence-electron chi connectivity index (χ2n) is 6.08. The topological polar surface area (TPSA) is 32.3 Å². The predicted octanol–water partition coefficient (Wildman–Crippen LogP) is 2.56. The average Bonchev–Trinajstić information content (AvgIpc) is 2.28. The molecule has 1 rings (SSSR count). The highest BCUT2D eigenvalue weighted by Crippen LogP contribution is 2.22. The lowest BCUT2D eigenvalue weighted by Gasteiger charge is -2.34. The summed E-state index contributed by atoms with van der Waals surface area (Å²) in [5, 5.41) is 3.28. The summed E-state index contributed by atoms with van der Waals surface area (Å²) >= 11 is 0. The molecule has 100 valence electrons. The van der Waals surface area contributed by atoms with Crippen LogP contribution in [0.15, 0.2) is 0 Å². The first-order valence-corrected chi connectivity index (χ1v) is 6.98. The van der Waals surface area contributed by atoms with Crippen molar-refractivity contribution in [2.45, 2.75) is 71.4 Å². The Bertz CT molecular complexity index is 239. The van der Waals surface area contributed by atoms with Crippen LogP contribution in [-0.4, -0.2) is 35.5 Å². The number of hydrogen-bond acceptors (Lipinski definition) is 2. The molecule has 1 amide bonds. The van der Waals surface area contributed by atoms with Crippen molar-refractivity contribution in [3.63, 3.8) is 0 Å². The van der Waals surface area contributed by atoms with Crippen molar-refractivity contribution in [3.8, 4) is 0 Å². The van der Waals surface area contributed by atoms with Crippen molar-refractivity contribution in [2.75, 3.05) is 13.1 Å². The fourth-order valence-electron chi connectivity index (χ4n) is 2.47. The minimum absolute atomic E-state index is 0.0155. The Morgan fingerprint density at radius 2 is 1.82 bits per heavy atom. The average molecular weight is 240 g/mol. The maximum absolute atomic E-state index is 12.2. The number of rotatable bonds is 4.